The van der Waals surface area contributed by atoms with Crippen LogP contribution in [0.3, 0.4) is 0 Å². The number of rotatable bonds is 6. The molecular weight excluding hydrogens is 415 g/mol. The largest absolute Gasteiger partial charge is 0.455 e. The number of carbonyl (C=O) groups is 1. The van der Waals surface area contributed by atoms with Gasteiger partial charge in [-0.25, -0.2) is 0 Å². The average Bonchev–Trinajstić information content (AvgIpc) is 3.09. The lowest BCUT2D eigenvalue weighted by atomic mass is 9.91. The van der Waals surface area contributed by atoms with Crippen molar-refractivity contribution in [2.24, 2.45) is 17.8 Å². The van der Waals surface area contributed by atoms with Crippen molar-refractivity contribution >= 4 is 11.9 Å². The number of likely N-dealkylation sites (tertiary alicyclic amines) is 1. The first kappa shape index (κ1) is 22.3. The van der Waals surface area contributed by atoms with E-state index in [1.807, 2.05) is 25.7 Å². The number of hydrogen-bond acceptors (Lipinski definition) is 7. The van der Waals surface area contributed by atoms with Crippen molar-refractivity contribution in [2.45, 2.75) is 57.9 Å². The molecule has 31 heavy (non-hydrogen) atoms. The van der Waals surface area contributed by atoms with Gasteiger partial charge in [-0.2, -0.15) is 18.2 Å². The van der Waals surface area contributed by atoms with Gasteiger partial charge >= 0.3 is 12.2 Å². The van der Waals surface area contributed by atoms with Gasteiger partial charge in [-0.1, -0.05) is 0 Å². The van der Waals surface area contributed by atoms with E-state index >= 15 is 0 Å². The standard InChI is InChI=1S/C20H30F3N5O3/c1-4-26(5-2)17(30)16-14-8-27(9-15(14)16)12-6-11(3)28(13(7-12)10-29)19-24-18(25-31-19)20(21,22)23/h11-16,29H,4-10H2,1-3H3/t11?,12?,13?,14-,15+,16+. The summed E-state index contributed by atoms with van der Waals surface area (Å²) in [6.07, 6.45) is -3.36. The van der Waals surface area contributed by atoms with E-state index in [0.29, 0.717) is 24.7 Å². The third-order valence-corrected chi connectivity index (χ3v) is 7.23. The molecule has 6 atom stereocenters. The summed E-state index contributed by atoms with van der Waals surface area (Å²) in [5.74, 6) is -0.148. The maximum absolute atomic E-state index is 12.8. The number of fused-ring (bicyclic) bond motifs is 1. The fourth-order valence-corrected chi connectivity index (χ4v) is 5.60. The highest BCUT2D eigenvalue weighted by atomic mass is 19.4. The number of alkyl halides is 3. The Morgan fingerprint density at radius 1 is 1.23 bits per heavy atom. The molecule has 0 radical (unpaired) electrons. The van der Waals surface area contributed by atoms with Crippen LogP contribution >= 0.6 is 0 Å². The van der Waals surface area contributed by atoms with E-state index in [9.17, 15) is 23.1 Å². The molecule has 2 saturated heterocycles. The lowest BCUT2D eigenvalue weighted by molar-refractivity contribution is -0.146. The molecule has 1 saturated carbocycles. The molecule has 1 amide bonds. The normalized spacial score (nSPS) is 33.5. The number of hydrogen-bond donors (Lipinski definition) is 1. The van der Waals surface area contributed by atoms with Gasteiger partial charge in [-0.3, -0.25) is 9.69 Å². The topological polar surface area (TPSA) is 85.9 Å². The first-order chi connectivity index (χ1) is 14.7. The summed E-state index contributed by atoms with van der Waals surface area (Å²) in [6.45, 7) is 8.86. The third-order valence-electron chi connectivity index (χ3n) is 7.23. The molecule has 3 heterocycles. The van der Waals surface area contributed by atoms with Crippen molar-refractivity contribution in [1.82, 2.24) is 19.9 Å². The van der Waals surface area contributed by atoms with E-state index in [1.165, 1.54) is 0 Å². The van der Waals surface area contributed by atoms with Gasteiger partial charge in [0.2, 0.25) is 5.91 Å². The van der Waals surface area contributed by atoms with Gasteiger partial charge in [-0.05, 0) is 50.6 Å². The predicted octanol–water partition coefficient (Wildman–Crippen LogP) is 1.85. The zero-order valence-electron chi connectivity index (χ0n) is 18.0. The Morgan fingerprint density at radius 2 is 1.87 bits per heavy atom. The van der Waals surface area contributed by atoms with E-state index in [1.54, 1.807) is 4.90 Å². The van der Waals surface area contributed by atoms with E-state index in [2.05, 4.69) is 15.0 Å². The first-order valence-corrected chi connectivity index (χ1v) is 11.0. The number of nitrogens with zero attached hydrogens (tertiary/aromatic N) is 5. The lowest BCUT2D eigenvalue weighted by Crippen LogP contribution is -2.55. The van der Waals surface area contributed by atoms with Crippen molar-refractivity contribution in [3.05, 3.63) is 5.82 Å². The Morgan fingerprint density at radius 3 is 2.39 bits per heavy atom. The van der Waals surface area contributed by atoms with E-state index < -0.39 is 18.0 Å². The summed E-state index contributed by atoms with van der Waals surface area (Å²) in [5.41, 5.74) is 0. The van der Waals surface area contributed by atoms with Crippen molar-refractivity contribution < 1.29 is 27.6 Å². The zero-order chi connectivity index (χ0) is 22.5. The van der Waals surface area contributed by atoms with Crippen LogP contribution in [-0.2, 0) is 11.0 Å². The molecule has 174 valence electrons. The Hall–Kier alpha value is -1.88. The molecule has 1 aromatic heterocycles. The van der Waals surface area contributed by atoms with Crippen LogP contribution in [-0.4, -0.2) is 81.9 Å². The minimum Gasteiger partial charge on any atom is -0.394 e. The second-order valence-electron chi connectivity index (χ2n) is 8.93. The third kappa shape index (κ3) is 4.02. The number of aliphatic hydroxyl groups is 1. The fourth-order valence-electron chi connectivity index (χ4n) is 5.60. The average molecular weight is 445 g/mol. The van der Waals surface area contributed by atoms with Crippen LogP contribution in [0.4, 0.5) is 19.2 Å². The minimum absolute atomic E-state index is 0.126. The van der Waals surface area contributed by atoms with Gasteiger partial charge in [0.25, 0.3) is 5.82 Å². The summed E-state index contributed by atoms with van der Waals surface area (Å²) in [4.78, 5) is 22.1. The zero-order valence-corrected chi connectivity index (χ0v) is 18.0. The molecule has 8 nitrogen and oxygen atoms in total. The summed E-state index contributed by atoms with van der Waals surface area (Å²) in [6, 6.07) is -0.570. The quantitative estimate of drug-likeness (QED) is 0.715. The highest BCUT2D eigenvalue weighted by Crippen LogP contribution is 2.53. The van der Waals surface area contributed by atoms with E-state index in [0.717, 1.165) is 26.2 Å². The Bertz CT molecular complexity index is 787. The van der Waals surface area contributed by atoms with Gasteiger partial charge in [0.1, 0.15) is 0 Å². The van der Waals surface area contributed by atoms with Crippen molar-refractivity contribution in [2.75, 3.05) is 37.7 Å². The Labute approximate surface area is 179 Å². The molecule has 4 rings (SSSR count). The van der Waals surface area contributed by atoms with Crippen LogP contribution < -0.4 is 4.90 Å². The lowest BCUT2D eigenvalue weighted by Gasteiger charge is -2.45. The van der Waals surface area contributed by atoms with Crippen LogP contribution in [0.1, 0.15) is 39.4 Å². The van der Waals surface area contributed by atoms with Gasteiger partial charge < -0.3 is 19.4 Å². The number of amides is 1. The molecule has 3 unspecified atom stereocenters. The van der Waals surface area contributed by atoms with Crippen molar-refractivity contribution in [3.8, 4) is 0 Å². The predicted molar refractivity (Wildman–Crippen MR) is 105 cm³/mol. The van der Waals surface area contributed by atoms with Crippen LogP contribution in [0.5, 0.6) is 0 Å². The number of piperidine rings is 2. The van der Waals surface area contributed by atoms with Crippen LogP contribution in [0, 0.1) is 17.8 Å². The molecule has 0 aromatic carbocycles. The molecule has 3 aliphatic rings. The molecule has 1 aliphatic carbocycles. The highest BCUT2D eigenvalue weighted by Gasteiger charge is 2.61. The SMILES string of the molecule is CCN(CC)C(=O)[C@H]1[C@@H]2CN(C3CC(C)N(c4nc(C(F)(F)F)no4)C(CO)C3)C[C@@H]21. The summed E-state index contributed by atoms with van der Waals surface area (Å²) in [7, 11) is 0. The summed E-state index contributed by atoms with van der Waals surface area (Å²) in [5, 5.41) is 13.0. The van der Waals surface area contributed by atoms with Crippen LogP contribution in [0.2, 0.25) is 0 Å². The Balaban J connectivity index is 1.39. The number of aromatic nitrogens is 2. The molecule has 3 fully saturated rings. The molecule has 1 N–H and O–H groups in total. The van der Waals surface area contributed by atoms with Gasteiger partial charge in [-0.15, -0.1) is 0 Å². The van der Waals surface area contributed by atoms with E-state index in [-0.39, 0.29) is 36.5 Å². The number of anilines is 1. The highest BCUT2D eigenvalue weighted by molar-refractivity contribution is 5.82. The monoisotopic (exact) mass is 445 g/mol. The fraction of sp³-hybridized carbons (Fsp3) is 0.850. The van der Waals surface area contributed by atoms with Crippen LogP contribution in [0.15, 0.2) is 4.52 Å². The van der Waals surface area contributed by atoms with Crippen molar-refractivity contribution in [1.29, 1.82) is 0 Å². The second-order valence-corrected chi connectivity index (χ2v) is 8.93. The molecule has 11 heteroatoms. The maximum atomic E-state index is 12.8. The van der Waals surface area contributed by atoms with Gasteiger partial charge in [0.05, 0.1) is 12.6 Å². The van der Waals surface area contributed by atoms with Gasteiger partial charge in [0, 0.05) is 44.2 Å². The number of aliphatic hydroxyl groups excluding tert-OH is 1. The molecule has 2 aliphatic heterocycles. The summed E-state index contributed by atoms with van der Waals surface area (Å²) < 4.78 is 43.4. The number of carbonyl (C=O) groups excluding carboxylic acids is 1. The van der Waals surface area contributed by atoms with Crippen LogP contribution in [0.25, 0.3) is 0 Å². The maximum Gasteiger partial charge on any atom is 0.455 e. The number of halogens is 3. The smallest absolute Gasteiger partial charge is 0.394 e. The molecule has 0 spiro atoms. The first-order valence-electron chi connectivity index (χ1n) is 11.0. The minimum atomic E-state index is -4.67. The van der Waals surface area contributed by atoms with Gasteiger partial charge in [0.15, 0.2) is 0 Å². The van der Waals surface area contributed by atoms with Crippen molar-refractivity contribution in [3.63, 3.8) is 0 Å². The molecule has 1 aromatic rings. The second kappa shape index (κ2) is 8.23. The van der Waals surface area contributed by atoms with E-state index in [4.69, 9.17) is 4.52 Å². The Kier molecular flexibility index (Phi) is 5.93. The molecule has 0 bridgehead atoms. The summed E-state index contributed by atoms with van der Waals surface area (Å²) >= 11 is 0. The molecular formula is C20H30F3N5O3.